The lowest BCUT2D eigenvalue weighted by Crippen LogP contribution is -2.23. The van der Waals surface area contributed by atoms with Crippen molar-refractivity contribution in [1.29, 1.82) is 5.26 Å². The molecule has 0 radical (unpaired) electrons. The van der Waals surface area contributed by atoms with Gasteiger partial charge >= 0.3 is 0 Å². The number of benzene rings is 2. The van der Waals surface area contributed by atoms with Crippen molar-refractivity contribution in [3.8, 4) is 6.07 Å². The lowest BCUT2D eigenvalue weighted by molar-refractivity contribution is 0.0950. The highest BCUT2D eigenvalue weighted by molar-refractivity contribution is 6.30. The molecule has 1 amide bonds. The standard InChI is InChI=1S/C16H13ClN2O/c1-11-8-14(17)6-7-15(11)16(20)19-10-13-4-2-12(9-18)3-5-13/h2-8H,10H2,1H3,(H,19,20). The molecular weight excluding hydrogens is 272 g/mol. The number of hydrogen-bond donors (Lipinski definition) is 1. The van der Waals surface area contributed by atoms with E-state index in [1.165, 1.54) is 0 Å². The number of aryl methyl sites for hydroxylation is 1. The van der Waals surface area contributed by atoms with Crippen LogP contribution in [0.2, 0.25) is 5.02 Å². The molecule has 0 aromatic heterocycles. The van der Waals surface area contributed by atoms with Gasteiger partial charge in [0.15, 0.2) is 0 Å². The number of halogens is 1. The van der Waals surface area contributed by atoms with Crippen molar-refractivity contribution in [2.24, 2.45) is 0 Å². The van der Waals surface area contributed by atoms with Gasteiger partial charge in [-0.3, -0.25) is 4.79 Å². The minimum atomic E-state index is -0.136. The largest absolute Gasteiger partial charge is 0.348 e. The van der Waals surface area contributed by atoms with Gasteiger partial charge in [-0.1, -0.05) is 23.7 Å². The van der Waals surface area contributed by atoms with Gasteiger partial charge in [0.2, 0.25) is 0 Å². The summed E-state index contributed by atoms with van der Waals surface area (Å²) in [6.45, 7) is 2.27. The van der Waals surface area contributed by atoms with Crippen molar-refractivity contribution in [2.75, 3.05) is 0 Å². The predicted molar refractivity (Wildman–Crippen MR) is 78.5 cm³/mol. The predicted octanol–water partition coefficient (Wildman–Crippen LogP) is 3.45. The van der Waals surface area contributed by atoms with Crippen LogP contribution in [0.15, 0.2) is 42.5 Å². The summed E-state index contributed by atoms with van der Waals surface area (Å²) in [5.41, 5.74) is 3.01. The van der Waals surface area contributed by atoms with Crippen LogP contribution in [0.4, 0.5) is 0 Å². The highest BCUT2D eigenvalue weighted by Gasteiger charge is 2.08. The fraction of sp³-hybridized carbons (Fsp3) is 0.125. The Hall–Kier alpha value is -2.31. The van der Waals surface area contributed by atoms with Crippen LogP contribution >= 0.6 is 11.6 Å². The molecule has 1 N–H and O–H groups in total. The second-order valence-corrected chi connectivity index (χ2v) is 4.89. The first-order valence-corrected chi connectivity index (χ1v) is 6.51. The van der Waals surface area contributed by atoms with Crippen LogP contribution in [0, 0.1) is 18.3 Å². The zero-order chi connectivity index (χ0) is 14.5. The molecule has 0 aliphatic carbocycles. The molecule has 0 saturated heterocycles. The minimum Gasteiger partial charge on any atom is -0.348 e. The van der Waals surface area contributed by atoms with Gasteiger partial charge in [-0.2, -0.15) is 5.26 Å². The molecule has 0 aliphatic heterocycles. The maximum Gasteiger partial charge on any atom is 0.251 e. The summed E-state index contributed by atoms with van der Waals surface area (Å²) in [6, 6.07) is 14.3. The highest BCUT2D eigenvalue weighted by Crippen LogP contribution is 2.15. The molecule has 3 nitrogen and oxygen atoms in total. The summed E-state index contributed by atoms with van der Waals surface area (Å²) in [5.74, 6) is -0.136. The van der Waals surface area contributed by atoms with Crippen molar-refractivity contribution >= 4 is 17.5 Å². The quantitative estimate of drug-likeness (QED) is 0.938. The van der Waals surface area contributed by atoms with Crippen molar-refractivity contribution in [3.05, 3.63) is 69.7 Å². The molecule has 20 heavy (non-hydrogen) atoms. The molecule has 0 atom stereocenters. The number of rotatable bonds is 3. The van der Waals surface area contributed by atoms with E-state index in [0.717, 1.165) is 11.1 Å². The van der Waals surface area contributed by atoms with Crippen molar-refractivity contribution in [3.63, 3.8) is 0 Å². The Bertz CT molecular complexity index is 672. The zero-order valence-corrected chi connectivity index (χ0v) is 11.7. The molecule has 0 aliphatic rings. The van der Waals surface area contributed by atoms with E-state index in [0.29, 0.717) is 22.7 Å². The van der Waals surface area contributed by atoms with Crippen LogP contribution in [0.5, 0.6) is 0 Å². The maximum absolute atomic E-state index is 12.1. The van der Waals surface area contributed by atoms with E-state index in [1.54, 1.807) is 30.3 Å². The molecule has 0 unspecified atom stereocenters. The third-order valence-corrected chi connectivity index (χ3v) is 3.20. The van der Waals surface area contributed by atoms with Gasteiger partial charge in [-0.15, -0.1) is 0 Å². The summed E-state index contributed by atoms with van der Waals surface area (Å²) in [6.07, 6.45) is 0. The normalized spacial score (nSPS) is 9.85. The van der Waals surface area contributed by atoms with Crippen LogP contribution in [0.25, 0.3) is 0 Å². The molecule has 2 aromatic rings. The Morgan fingerprint density at radius 3 is 2.55 bits per heavy atom. The lowest BCUT2D eigenvalue weighted by Gasteiger charge is -2.08. The van der Waals surface area contributed by atoms with Gasteiger partial charge in [0.1, 0.15) is 0 Å². The Kier molecular flexibility index (Phi) is 4.39. The Labute approximate surface area is 122 Å². The first-order valence-electron chi connectivity index (χ1n) is 6.13. The number of nitrogens with zero attached hydrogens (tertiary/aromatic N) is 1. The summed E-state index contributed by atoms with van der Waals surface area (Å²) >= 11 is 5.87. The second kappa shape index (κ2) is 6.23. The SMILES string of the molecule is Cc1cc(Cl)ccc1C(=O)NCc1ccc(C#N)cc1. The van der Waals surface area contributed by atoms with Crippen molar-refractivity contribution in [1.82, 2.24) is 5.32 Å². The summed E-state index contributed by atoms with van der Waals surface area (Å²) < 4.78 is 0. The fourth-order valence-corrected chi connectivity index (χ4v) is 2.08. The number of nitrogens with one attached hydrogen (secondary N) is 1. The average molecular weight is 285 g/mol. The minimum absolute atomic E-state index is 0.136. The van der Waals surface area contributed by atoms with Crippen molar-refractivity contribution < 1.29 is 4.79 Å². The molecule has 2 aromatic carbocycles. The molecule has 0 heterocycles. The Morgan fingerprint density at radius 2 is 1.95 bits per heavy atom. The van der Waals surface area contributed by atoms with Gasteiger partial charge in [0.05, 0.1) is 11.6 Å². The molecule has 2 rings (SSSR count). The third-order valence-electron chi connectivity index (χ3n) is 2.97. The van der Waals surface area contributed by atoms with E-state index in [4.69, 9.17) is 16.9 Å². The summed E-state index contributed by atoms with van der Waals surface area (Å²) in [5, 5.41) is 12.2. The van der Waals surface area contributed by atoms with Gasteiger partial charge in [-0.25, -0.2) is 0 Å². The number of carbonyl (C=O) groups is 1. The maximum atomic E-state index is 12.1. The number of carbonyl (C=O) groups excluding carboxylic acids is 1. The lowest BCUT2D eigenvalue weighted by atomic mass is 10.1. The van der Waals surface area contributed by atoms with E-state index in [9.17, 15) is 4.79 Å². The van der Waals surface area contributed by atoms with Crippen LogP contribution in [0.1, 0.15) is 27.0 Å². The monoisotopic (exact) mass is 284 g/mol. The van der Waals surface area contributed by atoms with Gasteiger partial charge in [0.25, 0.3) is 5.91 Å². The molecule has 0 spiro atoms. The number of nitriles is 1. The zero-order valence-electron chi connectivity index (χ0n) is 11.0. The highest BCUT2D eigenvalue weighted by atomic mass is 35.5. The molecule has 0 saturated carbocycles. The molecule has 0 fully saturated rings. The molecule has 4 heteroatoms. The number of hydrogen-bond acceptors (Lipinski definition) is 2. The van der Waals surface area contributed by atoms with E-state index < -0.39 is 0 Å². The Morgan fingerprint density at radius 1 is 1.25 bits per heavy atom. The van der Waals surface area contributed by atoms with E-state index in [1.807, 2.05) is 19.1 Å². The average Bonchev–Trinajstić information content (AvgIpc) is 2.45. The summed E-state index contributed by atoms with van der Waals surface area (Å²) in [7, 11) is 0. The first kappa shape index (κ1) is 14.1. The van der Waals surface area contributed by atoms with E-state index >= 15 is 0 Å². The van der Waals surface area contributed by atoms with Crippen LogP contribution < -0.4 is 5.32 Å². The van der Waals surface area contributed by atoms with E-state index in [-0.39, 0.29) is 5.91 Å². The first-order chi connectivity index (χ1) is 9.60. The molecule has 0 bridgehead atoms. The van der Waals surface area contributed by atoms with Gasteiger partial charge in [-0.05, 0) is 48.4 Å². The molecular formula is C16H13ClN2O. The van der Waals surface area contributed by atoms with Crippen LogP contribution in [0.3, 0.4) is 0 Å². The van der Waals surface area contributed by atoms with Crippen molar-refractivity contribution in [2.45, 2.75) is 13.5 Å². The fourth-order valence-electron chi connectivity index (χ4n) is 1.86. The smallest absolute Gasteiger partial charge is 0.251 e. The second-order valence-electron chi connectivity index (χ2n) is 4.45. The Balaban J connectivity index is 2.03. The van der Waals surface area contributed by atoms with Crippen LogP contribution in [-0.2, 0) is 6.54 Å². The van der Waals surface area contributed by atoms with Crippen LogP contribution in [-0.4, -0.2) is 5.91 Å². The third kappa shape index (κ3) is 3.37. The van der Waals surface area contributed by atoms with Gasteiger partial charge in [0, 0.05) is 17.1 Å². The molecule has 100 valence electrons. The topological polar surface area (TPSA) is 52.9 Å². The van der Waals surface area contributed by atoms with E-state index in [2.05, 4.69) is 11.4 Å². The number of amides is 1. The summed E-state index contributed by atoms with van der Waals surface area (Å²) in [4.78, 5) is 12.1. The van der Waals surface area contributed by atoms with Gasteiger partial charge < -0.3 is 5.32 Å².